The minimum atomic E-state index is -0.0418. The second kappa shape index (κ2) is 9.50. The lowest BCUT2D eigenvalue weighted by atomic mass is 10.0. The van der Waals surface area contributed by atoms with Crippen molar-refractivity contribution in [3.05, 3.63) is 100.0 Å². The van der Waals surface area contributed by atoms with Gasteiger partial charge in [-0.05, 0) is 53.5 Å². The Bertz CT molecular complexity index is 1490. The van der Waals surface area contributed by atoms with Gasteiger partial charge in [-0.25, -0.2) is 9.89 Å². The molecule has 3 aromatic heterocycles. The highest BCUT2D eigenvalue weighted by Gasteiger charge is 2.16. The predicted octanol–water partition coefficient (Wildman–Crippen LogP) is 4.50. The number of aromatic amines is 1. The minimum Gasteiger partial charge on any atom is -0.290 e. The first-order valence-electron chi connectivity index (χ1n) is 11.7. The molecule has 0 aliphatic rings. The Morgan fingerprint density at radius 2 is 1.71 bits per heavy atom. The van der Waals surface area contributed by atoms with Crippen LogP contribution in [0.5, 0.6) is 0 Å². The van der Waals surface area contributed by atoms with Gasteiger partial charge in [0.25, 0.3) is 0 Å². The molecule has 8 heteroatoms. The zero-order valence-electron chi connectivity index (χ0n) is 20.1. The molecule has 0 bridgehead atoms. The largest absolute Gasteiger partial charge is 0.333 e. The van der Waals surface area contributed by atoms with Crippen molar-refractivity contribution in [2.24, 2.45) is 0 Å². The molecule has 2 aromatic carbocycles. The van der Waals surface area contributed by atoms with Crippen LogP contribution in [-0.4, -0.2) is 34.7 Å². The lowest BCUT2D eigenvalue weighted by Gasteiger charge is -2.10. The van der Waals surface area contributed by atoms with Gasteiger partial charge < -0.3 is 0 Å². The number of aromatic nitrogens is 7. The van der Waals surface area contributed by atoms with Gasteiger partial charge in [0.2, 0.25) is 0 Å². The van der Waals surface area contributed by atoms with Crippen LogP contribution in [0, 0.1) is 13.8 Å². The Hall–Kier alpha value is -4.33. The van der Waals surface area contributed by atoms with Crippen molar-refractivity contribution in [3.63, 3.8) is 0 Å². The van der Waals surface area contributed by atoms with E-state index < -0.39 is 0 Å². The molecule has 176 valence electrons. The molecule has 3 heterocycles. The van der Waals surface area contributed by atoms with Crippen molar-refractivity contribution < 1.29 is 0 Å². The fourth-order valence-electron chi connectivity index (χ4n) is 4.55. The van der Waals surface area contributed by atoms with Gasteiger partial charge in [0.15, 0.2) is 5.82 Å². The van der Waals surface area contributed by atoms with E-state index in [1.165, 1.54) is 0 Å². The van der Waals surface area contributed by atoms with Crippen LogP contribution >= 0.6 is 0 Å². The van der Waals surface area contributed by atoms with E-state index in [9.17, 15) is 4.79 Å². The van der Waals surface area contributed by atoms with Crippen molar-refractivity contribution >= 4 is 0 Å². The van der Waals surface area contributed by atoms with Crippen molar-refractivity contribution in [2.75, 3.05) is 0 Å². The number of pyridine rings is 1. The number of H-pyrrole nitrogens is 1. The maximum absolute atomic E-state index is 13.5. The quantitative estimate of drug-likeness (QED) is 0.382. The SMILES string of the molecule is CCCc1cn(-c2c(C)cccc2C)c(=O)n1Cc1ccc(-c2ccccc2-c2nnn[nH]2)cn1. The fourth-order valence-corrected chi connectivity index (χ4v) is 4.55. The summed E-state index contributed by atoms with van der Waals surface area (Å²) in [4.78, 5) is 18.2. The van der Waals surface area contributed by atoms with Crippen molar-refractivity contribution in [1.82, 2.24) is 34.7 Å². The lowest BCUT2D eigenvalue weighted by Crippen LogP contribution is -2.25. The molecule has 0 aliphatic carbocycles. The molecule has 35 heavy (non-hydrogen) atoms. The average molecular weight is 466 g/mol. The fraction of sp³-hybridized carbons (Fsp3) is 0.222. The van der Waals surface area contributed by atoms with E-state index in [1.807, 2.05) is 85.4 Å². The Morgan fingerprint density at radius 3 is 2.37 bits per heavy atom. The summed E-state index contributed by atoms with van der Waals surface area (Å²) < 4.78 is 3.62. The summed E-state index contributed by atoms with van der Waals surface area (Å²) in [5, 5.41) is 14.2. The first kappa shape index (κ1) is 22.5. The Labute approximate surface area is 203 Å². The number of benzene rings is 2. The number of imidazole rings is 1. The van der Waals surface area contributed by atoms with E-state index in [-0.39, 0.29) is 5.69 Å². The van der Waals surface area contributed by atoms with Crippen LogP contribution in [0.3, 0.4) is 0 Å². The van der Waals surface area contributed by atoms with Crippen molar-refractivity contribution in [3.8, 4) is 28.2 Å². The number of nitrogens with zero attached hydrogens (tertiary/aromatic N) is 6. The molecule has 0 amide bonds. The smallest absolute Gasteiger partial charge is 0.290 e. The second-order valence-electron chi connectivity index (χ2n) is 8.68. The number of hydrogen-bond acceptors (Lipinski definition) is 5. The van der Waals surface area contributed by atoms with Crippen molar-refractivity contribution in [1.29, 1.82) is 0 Å². The van der Waals surface area contributed by atoms with E-state index in [2.05, 4.69) is 27.5 Å². The van der Waals surface area contributed by atoms with Crippen molar-refractivity contribution in [2.45, 2.75) is 40.2 Å². The third-order valence-electron chi connectivity index (χ3n) is 6.23. The summed E-state index contributed by atoms with van der Waals surface area (Å²) in [6, 6.07) is 18.0. The highest BCUT2D eigenvalue weighted by atomic mass is 16.1. The summed E-state index contributed by atoms with van der Waals surface area (Å²) >= 11 is 0. The monoisotopic (exact) mass is 465 g/mol. The van der Waals surface area contributed by atoms with Gasteiger partial charge in [0.05, 0.1) is 17.9 Å². The molecule has 5 aromatic rings. The maximum atomic E-state index is 13.5. The topological polar surface area (TPSA) is 94.3 Å². The van der Waals surface area contributed by atoms with Gasteiger partial charge in [0, 0.05) is 29.2 Å². The van der Waals surface area contributed by atoms with Crippen LogP contribution in [0.15, 0.2) is 71.8 Å². The molecule has 8 nitrogen and oxygen atoms in total. The first-order valence-corrected chi connectivity index (χ1v) is 11.7. The highest BCUT2D eigenvalue weighted by molar-refractivity contribution is 5.79. The van der Waals surface area contributed by atoms with Crippen LogP contribution in [0.4, 0.5) is 0 Å². The third-order valence-corrected chi connectivity index (χ3v) is 6.23. The van der Waals surface area contributed by atoms with E-state index in [0.29, 0.717) is 12.4 Å². The van der Waals surface area contributed by atoms with Gasteiger partial charge in [0.1, 0.15) is 0 Å². The minimum absolute atomic E-state index is 0.0418. The standard InChI is InChI=1S/C27H27N7O/c1-4-8-22-17-34(25-18(2)9-7-10-19(25)3)27(35)33(22)16-21-14-13-20(15-28-21)23-11-5-6-12-24(23)26-29-31-32-30-26/h5-7,9-15,17H,4,8,16H2,1-3H3,(H,29,30,31,32). The average Bonchev–Trinajstić information content (AvgIpc) is 3.50. The predicted molar refractivity (Wildman–Crippen MR) is 135 cm³/mol. The molecule has 0 radical (unpaired) electrons. The van der Waals surface area contributed by atoms with Gasteiger partial charge >= 0.3 is 5.69 Å². The van der Waals surface area contributed by atoms with Crippen LogP contribution < -0.4 is 5.69 Å². The van der Waals surface area contributed by atoms with Crippen LogP contribution in [0.25, 0.3) is 28.2 Å². The number of tetrazole rings is 1. The summed E-state index contributed by atoms with van der Waals surface area (Å²) in [6.45, 7) is 6.62. The van der Waals surface area contributed by atoms with Gasteiger partial charge in [-0.15, -0.1) is 5.10 Å². The van der Waals surface area contributed by atoms with E-state index in [4.69, 9.17) is 4.98 Å². The maximum Gasteiger partial charge on any atom is 0.333 e. The summed E-state index contributed by atoms with van der Waals surface area (Å²) in [5.74, 6) is 0.605. The van der Waals surface area contributed by atoms with Gasteiger partial charge in [-0.1, -0.05) is 61.9 Å². The number of nitrogens with one attached hydrogen (secondary N) is 1. The Morgan fingerprint density at radius 1 is 0.943 bits per heavy atom. The van der Waals surface area contributed by atoms with Crippen LogP contribution in [0.2, 0.25) is 0 Å². The first-order chi connectivity index (χ1) is 17.1. The highest BCUT2D eigenvalue weighted by Crippen LogP contribution is 2.29. The Kier molecular flexibility index (Phi) is 6.10. The molecular weight excluding hydrogens is 438 g/mol. The number of hydrogen-bond donors (Lipinski definition) is 1. The third kappa shape index (κ3) is 4.30. The second-order valence-corrected chi connectivity index (χ2v) is 8.68. The summed E-state index contributed by atoms with van der Waals surface area (Å²) in [7, 11) is 0. The Balaban J connectivity index is 1.49. The van der Waals surface area contributed by atoms with Crippen LogP contribution in [-0.2, 0) is 13.0 Å². The lowest BCUT2D eigenvalue weighted by molar-refractivity contribution is 0.679. The zero-order valence-corrected chi connectivity index (χ0v) is 20.1. The molecule has 0 unspecified atom stereocenters. The van der Waals surface area contributed by atoms with E-state index >= 15 is 0 Å². The molecule has 0 aliphatic heterocycles. The molecular formula is C27H27N7O. The normalized spacial score (nSPS) is 11.2. The molecule has 0 spiro atoms. The molecule has 0 fully saturated rings. The number of para-hydroxylation sites is 1. The van der Waals surface area contributed by atoms with E-state index in [1.54, 1.807) is 4.57 Å². The van der Waals surface area contributed by atoms with E-state index in [0.717, 1.165) is 57.7 Å². The number of aryl methyl sites for hydroxylation is 3. The summed E-state index contributed by atoms with van der Waals surface area (Å²) in [6.07, 6.45) is 5.60. The molecule has 5 rings (SSSR count). The molecule has 0 saturated heterocycles. The number of rotatable bonds is 7. The van der Waals surface area contributed by atoms with Gasteiger partial charge in [-0.3, -0.25) is 14.1 Å². The van der Waals surface area contributed by atoms with Gasteiger partial charge in [-0.2, -0.15) is 0 Å². The molecule has 0 saturated carbocycles. The molecule has 1 N–H and O–H groups in total. The molecule has 0 atom stereocenters. The zero-order chi connectivity index (χ0) is 24.4. The summed E-state index contributed by atoms with van der Waals surface area (Å²) in [5.41, 5.74) is 7.74. The van der Waals surface area contributed by atoms with Crippen LogP contribution in [0.1, 0.15) is 35.9 Å².